The highest BCUT2D eigenvalue weighted by Crippen LogP contribution is 2.24. The molecule has 2 atom stereocenters. The van der Waals surface area contributed by atoms with Crippen molar-refractivity contribution in [3.63, 3.8) is 0 Å². The molecule has 1 aliphatic carbocycles. The molecule has 0 radical (unpaired) electrons. The number of piperazine rings is 1. The Morgan fingerprint density at radius 1 is 1.00 bits per heavy atom. The minimum Gasteiger partial charge on any atom is -0.391 e. The van der Waals surface area contributed by atoms with E-state index in [1.54, 1.807) is 0 Å². The minimum atomic E-state index is -0.126. The van der Waals surface area contributed by atoms with Gasteiger partial charge < -0.3 is 10.0 Å². The molecule has 0 aromatic carbocycles. The second-order valence-electron chi connectivity index (χ2n) is 5.98. The van der Waals surface area contributed by atoms with Gasteiger partial charge in [-0.3, -0.25) is 4.90 Å². The van der Waals surface area contributed by atoms with E-state index in [4.69, 9.17) is 0 Å². The fraction of sp³-hybridized carbons (Fsp3) is 0.688. The van der Waals surface area contributed by atoms with Gasteiger partial charge in [0, 0.05) is 38.4 Å². The Labute approximate surface area is 121 Å². The molecule has 20 heavy (non-hydrogen) atoms. The van der Waals surface area contributed by atoms with E-state index in [-0.39, 0.29) is 6.10 Å². The summed E-state index contributed by atoms with van der Waals surface area (Å²) in [5.41, 5.74) is 0. The Bertz CT molecular complexity index is 403. The van der Waals surface area contributed by atoms with E-state index in [1.165, 1.54) is 19.3 Å². The highest BCUT2D eigenvalue weighted by atomic mass is 16.3. The molecule has 1 N–H and O–H groups in total. The molecule has 1 aromatic rings. The van der Waals surface area contributed by atoms with Gasteiger partial charge in [-0.05, 0) is 25.0 Å². The quantitative estimate of drug-likeness (QED) is 0.837. The summed E-state index contributed by atoms with van der Waals surface area (Å²) in [5.74, 6) is 1.08. The van der Waals surface area contributed by atoms with Gasteiger partial charge in [0.25, 0.3) is 0 Å². The van der Waals surface area contributed by atoms with Gasteiger partial charge in [0.2, 0.25) is 0 Å². The summed E-state index contributed by atoms with van der Waals surface area (Å²) in [4.78, 5) is 9.27. The largest absolute Gasteiger partial charge is 0.391 e. The van der Waals surface area contributed by atoms with Crippen LogP contribution < -0.4 is 4.90 Å². The molecule has 4 heteroatoms. The number of hydrogen-bond acceptors (Lipinski definition) is 4. The molecule has 3 rings (SSSR count). The van der Waals surface area contributed by atoms with Crippen LogP contribution in [0.1, 0.15) is 32.1 Å². The first-order valence-electron chi connectivity index (χ1n) is 7.93. The van der Waals surface area contributed by atoms with Crippen molar-refractivity contribution in [2.75, 3.05) is 31.1 Å². The van der Waals surface area contributed by atoms with Crippen LogP contribution in [0, 0.1) is 0 Å². The van der Waals surface area contributed by atoms with Gasteiger partial charge in [0.15, 0.2) is 0 Å². The van der Waals surface area contributed by atoms with Crippen molar-refractivity contribution in [3.05, 3.63) is 24.4 Å². The van der Waals surface area contributed by atoms with Crippen LogP contribution in [-0.4, -0.2) is 53.3 Å². The third-order valence-corrected chi connectivity index (χ3v) is 4.70. The van der Waals surface area contributed by atoms with Gasteiger partial charge in [-0.15, -0.1) is 0 Å². The number of aliphatic hydroxyl groups is 1. The van der Waals surface area contributed by atoms with Gasteiger partial charge >= 0.3 is 0 Å². The normalized spacial score (nSPS) is 29.1. The third kappa shape index (κ3) is 3.13. The van der Waals surface area contributed by atoms with E-state index in [1.807, 2.05) is 18.3 Å². The number of anilines is 1. The lowest BCUT2D eigenvalue weighted by Gasteiger charge is -2.41. The Morgan fingerprint density at radius 2 is 1.80 bits per heavy atom. The minimum absolute atomic E-state index is 0.126. The van der Waals surface area contributed by atoms with Crippen LogP contribution in [0.25, 0.3) is 0 Å². The van der Waals surface area contributed by atoms with Crippen molar-refractivity contribution in [1.29, 1.82) is 0 Å². The van der Waals surface area contributed by atoms with Crippen LogP contribution in [-0.2, 0) is 0 Å². The van der Waals surface area contributed by atoms with Crippen molar-refractivity contribution in [1.82, 2.24) is 9.88 Å². The van der Waals surface area contributed by atoms with Gasteiger partial charge in [-0.1, -0.05) is 25.3 Å². The third-order valence-electron chi connectivity index (χ3n) is 4.70. The van der Waals surface area contributed by atoms with Crippen LogP contribution in [0.5, 0.6) is 0 Å². The average Bonchev–Trinajstić information content (AvgIpc) is 2.73. The molecule has 1 aromatic heterocycles. The van der Waals surface area contributed by atoms with Crippen molar-refractivity contribution >= 4 is 5.82 Å². The molecule has 0 spiro atoms. The summed E-state index contributed by atoms with van der Waals surface area (Å²) < 4.78 is 0. The highest BCUT2D eigenvalue weighted by molar-refractivity contribution is 5.38. The molecule has 2 fully saturated rings. The molecule has 0 bridgehead atoms. The average molecular weight is 275 g/mol. The summed E-state index contributed by atoms with van der Waals surface area (Å²) in [6.45, 7) is 4.11. The molecule has 1 aliphatic heterocycles. The van der Waals surface area contributed by atoms with E-state index in [9.17, 15) is 5.11 Å². The molecule has 2 heterocycles. The van der Waals surface area contributed by atoms with Crippen LogP contribution in [0.3, 0.4) is 0 Å². The van der Waals surface area contributed by atoms with E-state index < -0.39 is 0 Å². The van der Waals surface area contributed by atoms with Gasteiger partial charge in [-0.25, -0.2) is 4.98 Å². The lowest BCUT2D eigenvalue weighted by Crippen LogP contribution is -2.53. The molecule has 2 unspecified atom stereocenters. The van der Waals surface area contributed by atoms with Crippen molar-refractivity contribution in [3.8, 4) is 0 Å². The second kappa shape index (κ2) is 6.55. The summed E-state index contributed by atoms with van der Waals surface area (Å²) in [6, 6.07) is 6.46. The van der Waals surface area contributed by atoms with Crippen LogP contribution in [0.2, 0.25) is 0 Å². The zero-order valence-corrected chi connectivity index (χ0v) is 12.1. The smallest absolute Gasteiger partial charge is 0.128 e. The number of aromatic nitrogens is 1. The summed E-state index contributed by atoms with van der Waals surface area (Å²) in [6.07, 6.45) is 7.60. The number of nitrogens with zero attached hydrogens (tertiary/aromatic N) is 3. The Balaban J connectivity index is 1.58. The Kier molecular flexibility index (Phi) is 4.53. The second-order valence-corrected chi connectivity index (χ2v) is 5.98. The first kappa shape index (κ1) is 13.8. The molecule has 1 saturated carbocycles. The first-order chi connectivity index (χ1) is 9.84. The Morgan fingerprint density at radius 3 is 2.55 bits per heavy atom. The number of aliphatic hydroxyl groups excluding tert-OH is 1. The molecule has 110 valence electrons. The van der Waals surface area contributed by atoms with Gasteiger partial charge in [0.05, 0.1) is 6.10 Å². The molecule has 0 amide bonds. The zero-order chi connectivity index (χ0) is 13.8. The van der Waals surface area contributed by atoms with Crippen LogP contribution in [0.15, 0.2) is 24.4 Å². The van der Waals surface area contributed by atoms with Crippen LogP contribution in [0.4, 0.5) is 5.82 Å². The van der Waals surface area contributed by atoms with E-state index in [0.29, 0.717) is 6.04 Å². The summed E-state index contributed by atoms with van der Waals surface area (Å²) >= 11 is 0. The monoisotopic (exact) mass is 275 g/mol. The lowest BCUT2D eigenvalue weighted by atomic mass is 10.0. The zero-order valence-electron chi connectivity index (χ0n) is 12.1. The number of rotatable bonds is 2. The van der Waals surface area contributed by atoms with Crippen LogP contribution >= 0.6 is 0 Å². The van der Waals surface area contributed by atoms with E-state index in [0.717, 1.165) is 44.8 Å². The maximum atomic E-state index is 10.3. The van der Waals surface area contributed by atoms with Gasteiger partial charge in [0.1, 0.15) is 5.82 Å². The maximum Gasteiger partial charge on any atom is 0.128 e. The summed E-state index contributed by atoms with van der Waals surface area (Å²) in [5, 5.41) is 10.3. The molecular weight excluding hydrogens is 250 g/mol. The highest BCUT2D eigenvalue weighted by Gasteiger charge is 2.30. The number of pyridine rings is 1. The van der Waals surface area contributed by atoms with Crippen molar-refractivity contribution in [2.24, 2.45) is 0 Å². The standard InChI is InChI=1S/C16H25N3O/c20-15-7-3-1-2-6-14(15)18-10-12-19(13-11-18)16-8-4-5-9-17-16/h4-5,8-9,14-15,20H,1-3,6-7,10-13H2. The Hall–Kier alpha value is -1.13. The SMILES string of the molecule is OC1CCCCCC1N1CCN(c2ccccn2)CC1. The topological polar surface area (TPSA) is 39.6 Å². The lowest BCUT2D eigenvalue weighted by molar-refractivity contribution is 0.0409. The number of hydrogen-bond donors (Lipinski definition) is 1. The molecule has 4 nitrogen and oxygen atoms in total. The summed E-state index contributed by atoms with van der Waals surface area (Å²) in [7, 11) is 0. The fourth-order valence-corrected chi connectivity index (χ4v) is 3.52. The molecule has 1 saturated heterocycles. The maximum absolute atomic E-state index is 10.3. The fourth-order valence-electron chi connectivity index (χ4n) is 3.52. The predicted octanol–water partition coefficient (Wildman–Crippen LogP) is 1.90. The predicted molar refractivity (Wildman–Crippen MR) is 80.9 cm³/mol. The van der Waals surface area contributed by atoms with E-state index >= 15 is 0 Å². The van der Waals surface area contributed by atoms with E-state index in [2.05, 4.69) is 20.9 Å². The molecular formula is C16H25N3O. The van der Waals surface area contributed by atoms with Crippen molar-refractivity contribution in [2.45, 2.75) is 44.2 Å². The molecule has 2 aliphatic rings. The van der Waals surface area contributed by atoms with Gasteiger partial charge in [-0.2, -0.15) is 0 Å². The first-order valence-corrected chi connectivity index (χ1v) is 7.93. The van der Waals surface area contributed by atoms with Crippen molar-refractivity contribution < 1.29 is 5.11 Å².